The smallest absolute Gasteiger partial charge is 0.464 e. The lowest BCUT2D eigenvalue weighted by Crippen LogP contribution is -2.45. The van der Waals surface area contributed by atoms with Gasteiger partial charge in [0.05, 0.1) is 10.2 Å². The molecule has 0 aromatic heterocycles. The summed E-state index contributed by atoms with van der Waals surface area (Å²) in [5.41, 5.74) is -2.80. The van der Waals surface area contributed by atoms with Gasteiger partial charge in [0.1, 0.15) is 22.8 Å². The summed E-state index contributed by atoms with van der Waals surface area (Å²) in [4.78, 5) is 49.9. The van der Waals surface area contributed by atoms with E-state index in [1.165, 1.54) is 0 Å². The minimum absolute atomic E-state index is 0.0184. The average Bonchev–Trinajstić information content (AvgIpc) is 2.70. The molecule has 0 bridgehead atoms. The Morgan fingerprint density at radius 3 is 1.62 bits per heavy atom. The number of alkyl carbamates (subject to hydrolysis) is 1. The molecule has 0 saturated carbocycles. The molecule has 0 fully saturated rings. The SMILES string of the molecule is CCOC(=O)[C@H](Cc1cc(OC(=O)OC(C)(C)C)c(OC(=O)OC(C)(C)C)cc1I(=O)=O)NC(=O)OC(C)(C)C. The van der Waals surface area contributed by atoms with Crippen LogP contribution in [0.25, 0.3) is 0 Å². The first kappa shape index (κ1) is 34.9. The highest BCUT2D eigenvalue weighted by molar-refractivity contribution is 14.2. The van der Waals surface area contributed by atoms with Crippen molar-refractivity contribution in [2.75, 3.05) is 6.61 Å². The molecule has 40 heavy (non-hydrogen) atoms. The van der Waals surface area contributed by atoms with E-state index in [0.29, 0.717) is 0 Å². The van der Waals surface area contributed by atoms with E-state index in [-0.39, 0.29) is 15.7 Å². The van der Waals surface area contributed by atoms with Gasteiger partial charge in [-0.25, -0.2) is 25.3 Å². The predicted octanol–water partition coefficient (Wildman–Crippen LogP) is 5.68. The number of benzene rings is 1. The fourth-order valence-corrected chi connectivity index (χ4v) is 4.34. The zero-order valence-electron chi connectivity index (χ0n) is 24.4. The minimum atomic E-state index is -4.35. The lowest BCUT2D eigenvalue weighted by Gasteiger charge is -2.23. The minimum Gasteiger partial charge on any atom is -0.464 e. The molecular formula is C26H38INO12. The first-order valence-electron chi connectivity index (χ1n) is 12.3. The van der Waals surface area contributed by atoms with Crippen molar-refractivity contribution in [2.24, 2.45) is 0 Å². The van der Waals surface area contributed by atoms with Crippen molar-refractivity contribution in [3.8, 4) is 11.5 Å². The van der Waals surface area contributed by atoms with E-state index in [1.54, 1.807) is 69.2 Å². The molecule has 0 radical (unpaired) electrons. The third-order valence-corrected chi connectivity index (χ3v) is 6.08. The second-order valence-corrected chi connectivity index (χ2v) is 13.8. The van der Waals surface area contributed by atoms with Crippen LogP contribution in [0.2, 0.25) is 0 Å². The largest absolute Gasteiger partial charge is 0.514 e. The maximum absolute atomic E-state index is 12.7. The van der Waals surface area contributed by atoms with Crippen LogP contribution in [0, 0.1) is 3.57 Å². The number of amides is 1. The topological polar surface area (TPSA) is 170 Å². The summed E-state index contributed by atoms with van der Waals surface area (Å²) in [6, 6.07) is 0.693. The number of carbonyl (C=O) groups is 4. The lowest BCUT2D eigenvalue weighted by molar-refractivity contribution is -0.145. The maximum atomic E-state index is 12.7. The van der Waals surface area contributed by atoms with E-state index >= 15 is 0 Å². The Bertz CT molecular complexity index is 1160. The van der Waals surface area contributed by atoms with Gasteiger partial charge in [0, 0.05) is 12.5 Å². The second kappa shape index (κ2) is 13.9. The third kappa shape index (κ3) is 13.3. The van der Waals surface area contributed by atoms with Crippen molar-refractivity contribution in [1.82, 2.24) is 5.32 Å². The number of ether oxygens (including phenoxy) is 6. The van der Waals surface area contributed by atoms with Crippen LogP contribution in [0.1, 0.15) is 74.8 Å². The summed E-state index contributed by atoms with van der Waals surface area (Å²) in [6.45, 7) is 16.0. The van der Waals surface area contributed by atoms with Gasteiger partial charge in [0.15, 0.2) is 11.5 Å². The molecule has 1 atom stereocenters. The molecule has 0 spiro atoms. The van der Waals surface area contributed by atoms with Crippen LogP contribution in [0.3, 0.4) is 0 Å². The Morgan fingerprint density at radius 2 is 1.23 bits per heavy atom. The summed E-state index contributed by atoms with van der Waals surface area (Å²) in [5.74, 6) is -1.70. The Morgan fingerprint density at radius 1 is 0.775 bits per heavy atom. The zero-order valence-corrected chi connectivity index (χ0v) is 26.6. The predicted molar refractivity (Wildman–Crippen MR) is 148 cm³/mol. The van der Waals surface area contributed by atoms with Crippen LogP contribution < -0.4 is 14.8 Å². The van der Waals surface area contributed by atoms with Gasteiger partial charge < -0.3 is 33.7 Å². The summed E-state index contributed by atoms with van der Waals surface area (Å²) < 4.78 is 55.3. The van der Waals surface area contributed by atoms with Crippen molar-refractivity contribution in [3.63, 3.8) is 0 Å². The number of hydrogen-bond donors (Lipinski definition) is 1. The average molecular weight is 683 g/mol. The van der Waals surface area contributed by atoms with E-state index in [2.05, 4.69) is 5.32 Å². The molecule has 1 amide bonds. The summed E-state index contributed by atoms with van der Waals surface area (Å²) in [7, 11) is 0. The quantitative estimate of drug-likeness (QED) is 0.154. The van der Waals surface area contributed by atoms with Gasteiger partial charge in [-0.05, 0) is 80.9 Å². The van der Waals surface area contributed by atoms with E-state index in [4.69, 9.17) is 28.4 Å². The Labute approximate surface area is 240 Å². The van der Waals surface area contributed by atoms with E-state index in [0.717, 1.165) is 12.1 Å². The van der Waals surface area contributed by atoms with E-state index in [1.807, 2.05) is 0 Å². The number of carbonyl (C=O) groups excluding carboxylic acids is 4. The number of rotatable bonds is 8. The van der Waals surface area contributed by atoms with Crippen molar-refractivity contribution in [3.05, 3.63) is 21.3 Å². The van der Waals surface area contributed by atoms with Crippen LogP contribution in [0.15, 0.2) is 12.1 Å². The standard InChI is InChI=1S/C26H38INO12/c1-11-35-20(29)17(28-21(30)38-24(2,3)4)12-15-13-18(36-22(31)39-25(5,6)7)19(14-16(15)27(33)34)37-23(32)40-26(8,9)10/h13-14,17H,11-12H2,1-10H3,(H,28,30)/t17-/m0/s1. The molecule has 0 aliphatic rings. The molecule has 0 aliphatic carbocycles. The molecule has 1 aromatic carbocycles. The maximum Gasteiger partial charge on any atom is 0.514 e. The molecule has 1 aromatic rings. The molecule has 13 nitrogen and oxygen atoms in total. The van der Waals surface area contributed by atoms with Gasteiger partial charge in [0.2, 0.25) is 0 Å². The van der Waals surface area contributed by atoms with Crippen LogP contribution in [-0.2, 0) is 36.3 Å². The normalized spacial score (nSPS) is 12.7. The Hall–Kier alpha value is -3.17. The zero-order chi connectivity index (χ0) is 31.1. The van der Waals surface area contributed by atoms with E-state index < -0.39 is 84.9 Å². The molecular weight excluding hydrogens is 645 g/mol. The van der Waals surface area contributed by atoms with E-state index in [9.17, 15) is 25.3 Å². The first-order valence-corrected chi connectivity index (χ1v) is 15.1. The van der Waals surface area contributed by atoms with Crippen LogP contribution in [0.5, 0.6) is 11.5 Å². The number of halogens is 1. The van der Waals surface area contributed by atoms with Crippen molar-refractivity contribution in [2.45, 2.75) is 98.5 Å². The summed E-state index contributed by atoms with van der Waals surface area (Å²) in [5, 5.41) is 2.38. The summed E-state index contributed by atoms with van der Waals surface area (Å²) in [6.07, 6.45) is -3.70. The number of esters is 1. The van der Waals surface area contributed by atoms with Gasteiger partial charge in [-0.2, -0.15) is 0 Å². The monoisotopic (exact) mass is 683 g/mol. The molecule has 0 unspecified atom stereocenters. The third-order valence-electron chi connectivity index (χ3n) is 4.13. The van der Waals surface area contributed by atoms with Gasteiger partial charge >= 0.3 is 44.2 Å². The van der Waals surface area contributed by atoms with Crippen LogP contribution >= 0.6 is 19.8 Å². The highest BCUT2D eigenvalue weighted by Gasteiger charge is 2.30. The molecule has 14 heteroatoms. The van der Waals surface area contributed by atoms with Gasteiger partial charge in [-0.3, -0.25) is 0 Å². The molecule has 1 N–H and O–H groups in total. The fraction of sp³-hybridized carbons (Fsp3) is 0.615. The first-order chi connectivity index (χ1) is 18.1. The van der Waals surface area contributed by atoms with Crippen LogP contribution in [-0.4, -0.2) is 53.8 Å². The van der Waals surface area contributed by atoms with Crippen molar-refractivity contribution >= 4 is 44.2 Å². The number of nitrogens with one attached hydrogen (secondary N) is 1. The Balaban J connectivity index is 3.60. The van der Waals surface area contributed by atoms with Gasteiger partial charge in [-0.1, -0.05) is 0 Å². The molecule has 0 aliphatic heterocycles. The van der Waals surface area contributed by atoms with Crippen molar-refractivity contribution < 1.29 is 53.7 Å². The fourth-order valence-electron chi connectivity index (χ4n) is 2.86. The number of hydrogen-bond acceptors (Lipinski definition) is 12. The second-order valence-electron chi connectivity index (χ2n) is 11.4. The molecule has 0 saturated heterocycles. The van der Waals surface area contributed by atoms with Crippen LogP contribution in [0.4, 0.5) is 14.4 Å². The van der Waals surface area contributed by atoms with Gasteiger partial charge in [0.25, 0.3) is 0 Å². The lowest BCUT2D eigenvalue weighted by atomic mass is 10.1. The summed E-state index contributed by atoms with van der Waals surface area (Å²) >= 11 is -4.35. The molecule has 0 heterocycles. The molecule has 226 valence electrons. The highest BCUT2D eigenvalue weighted by atomic mass is 127. The van der Waals surface area contributed by atoms with Gasteiger partial charge in [-0.15, -0.1) is 0 Å². The Kier molecular flexibility index (Phi) is 12.2. The van der Waals surface area contributed by atoms with Crippen molar-refractivity contribution in [1.29, 1.82) is 0 Å². The molecule has 1 rings (SSSR count). The highest BCUT2D eigenvalue weighted by Crippen LogP contribution is 2.37.